The van der Waals surface area contributed by atoms with Crippen LogP contribution in [0.3, 0.4) is 0 Å². The van der Waals surface area contributed by atoms with E-state index >= 15 is 0 Å². The predicted molar refractivity (Wildman–Crippen MR) is 89.2 cm³/mol. The Hall–Kier alpha value is -1.80. The first-order valence-corrected chi connectivity index (χ1v) is 7.43. The van der Waals surface area contributed by atoms with Gasteiger partial charge in [-0.3, -0.25) is 0 Å². The van der Waals surface area contributed by atoms with Gasteiger partial charge in [-0.2, -0.15) is 0 Å². The molecule has 1 N–H and O–H groups in total. The summed E-state index contributed by atoms with van der Waals surface area (Å²) in [7, 11) is 3.76. The fourth-order valence-corrected chi connectivity index (χ4v) is 2.86. The SMILES string of the molecule is CNC(Cc1ccc(C)cc1)c1c(C)cc(C)cc1OC. The van der Waals surface area contributed by atoms with E-state index in [1.54, 1.807) is 7.11 Å². The van der Waals surface area contributed by atoms with Crippen molar-refractivity contribution in [2.24, 2.45) is 0 Å². The van der Waals surface area contributed by atoms with Gasteiger partial charge >= 0.3 is 0 Å². The van der Waals surface area contributed by atoms with Gasteiger partial charge in [0, 0.05) is 11.6 Å². The average molecular weight is 283 g/mol. The predicted octanol–water partition coefficient (Wildman–Crippen LogP) is 4.12. The Labute approximate surface area is 128 Å². The Morgan fingerprint density at radius 1 is 1.00 bits per heavy atom. The summed E-state index contributed by atoms with van der Waals surface area (Å²) in [5, 5.41) is 3.44. The topological polar surface area (TPSA) is 21.3 Å². The normalized spacial score (nSPS) is 12.2. The molecule has 2 heteroatoms. The Kier molecular flexibility index (Phi) is 5.03. The second-order valence-electron chi connectivity index (χ2n) is 5.73. The summed E-state index contributed by atoms with van der Waals surface area (Å²) >= 11 is 0. The minimum absolute atomic E-state index is 0.253. The molecule has 0 aromatic heterocycles. The first-order chi connectivity index (χ1) is 10.0. The van der Waals surface area contributed by atoms with Crippen LogP contribution in [0, 0.1) is 20.8 Å². The molecular weight excluding hydrogens is 258 g/mol. The molecule has 0 saturated heterocycles. The van der Waals surface area contributed by atoms with Crippen LogP contribution in [0.2, 0.25) is 0 Å². The van der Waals surface area contributed by atoms with Crippen molar-refractivity contribution in [2.75, 3.05) is 14.2 Å². The van der Waals surface area contributed by atoms with E-state index in [0.29, 0.717) is 0 Å². The van der Waals surface area contributed by atoms with E-state index in [-0.39, 0.29) is 6.04 Å². The molecule has 0 bridgehead atoms. The highest BCUT2D eigenvalue weighted by atomic mass is 16.5. The second-order valence-corrected chi connectivity index (χ2v) is 5.73. The van der Waals surface area contributed by atoms with Crippen LogP contribution in [-0.2, 0) is 6.42 Å². The summed E-state index contributed by atoms with van der Waals surface area (Å²) in [5.41, 5.74) is 6.40. The number of hydrogen-bond donors (Lipinski definition) is 1. The zero-order valence-corrected chi connectivity index (χ0v) is 13.7. The Morgan fingerprint density at radius 3 is 2.24 bits per heavy atom. The Balaban J connectivity index is 2.35. The third kappa shape index (κ3) is 3.64. The summed E-state index contributed by atoms with van der Waals surface area (Å²) in [4.78, 5) is 0. The summed E-state index contributed by atoms with van der Waals surface area (Å²) < 4.78 is 5.61. The van der Waals surface area contributed by atoms with E-state index in [0.717, 1.165) is 12.2 Å². The number of likely N-dealkylation sites (N-methyl/N-ethyl adjacent to an activating group) is 1. The third-order valence-electron chi connectivity index (χ3n) is 3.97. The largest absolute Gasteiger partial charge is 0.496 e. The van der Waals surface area contributed by atoms with Crippen molar-refractivity contribution < 1.29 is 4.74 Å². The number of hydrogen-bond acceptors (Lipinski definition) is 2. The third-order valence-corrected chi connectivity index (χ3v) is 3.97. The van der Waals surface area contributed by atoms with Gasteiger partial charge in [0.15, 0.2) is 0 Å². The van der Waals surface area contributed by atoms with Gasteiger partial charge < -0.3 is 10.1 Å². The van der Waals surface area contributed by atoms with E-state index in [2.05, 4.69) is 62.5 Å². The maximum Gasteiger partial charge on any atom is 0.124 e. The van der Waals surface area contributed by atoms with E-state index in [1.165, 1.54) is 27.8 Å². The summed E-state index contributed by atoms with van der Waals surface area (Å²) in [6, 6.07) is 13.3. The van der Waals surface area contributed by atoms with Crippen LogP contribution in [-0.4, -0.2) is 14.2 Å². The second kappa shape index (κ2) is 6.77. The Morgan fingerprint density at radius 2 is 1.67 bits per heavy atom. The molecule has 2 aromatic carbocycles. The molecule has 1 unspecified atom stereocenters. The van der Waals surface area contributed by atoms with Crippen molar-refractivity contribution in [1.82, 2.24) is 5.32 Å². The monoisotopic (exact) mass is 283 g/mol. The van der Waals surface area contributed by atoms with Gasteiger partial charge in [0.05, 0.1) is 7.11 Å². The first-order valence-electron chi connectivity index (χ1n) is 7.43. The van der Waals surface area contributed by atoms with Crippen LogP contribution in [0.25, 0.3) is 0 Å². The standard InChI is InChI=1S/C19H25NO/c1-13-6-8-16(9-7-13)12-17(20-4)19-15(3)10-14(2)11-18(19)21-5/h6-11,17,20H,12H2,1-5H3. The van der Waals surface area contributed by atoms with Crippen LogP contribution in [0.4, 0.5) is 0 Å². The first kappa shape index (κ1) is 15.6. The minimum Gasteiger partial charge on any atom is -0.496 e. The zero-order chi connectivity index (χ0) is 15.4. The molecule has 0 spiro atoms. The Bertz CT molecular complexity index is 602. The molecule has 0 amide bonds. The molecule has 1 atom stereocenters. The number of ether oxygens (including phenoxy) is 1. The number of benzene rings is 2. The molecule has 2 rings (SSSR count). The highest BCUT2D eigenvalue weighted by Crippen LogP contribution is 2.31. The van der Waals surface area contributed by atoms with Crippen LogP contribution in [0.5, 0.6) is 5.75 Å². The quantitative estimate of drug-likeness (QED) is 0.891. The van der Waals surface area contributed by atoms with Crippen molar-refractivity contribution in [1.29, 1.82) is 0 Å². The lowest BCUT2D eigenvalue weighted by molar-refractivity contribution is 0.400. The average Bonchev–Trinajstić information content (AvgIpc) is 2.46. The number of rotatable bonds is 5. The van der Waals surface area contributed by atoms with Gasteiger partial charge in [0.2, 0.25) is 0 Å². The van der Waals surface area contributed by atoms with Crippen molar-refractivity contribution in [3.63, 3.8) is 0 Å². The number of aryl methyl sites for hydroxylation is 3. The highest BCUT2D eigenvalue weighted by molar-refractivity contribution is 5.45. The summed E-state index contributed by atoms with van der Waals surface area (Å²) in [6.45, 7) is 6.38. The molecule has 2 nitrogen and oxygen atoms in total. The van der Waals surface area contributed by atoms with Crippen molar-refractivity contribution in [3.8, 4) is 5.75 Å². The highest BCUT2D eigenvalue weighted by Gasteiger charge is 2.18. The molecule has 112 valence electrons. The summed E-state index contributed by atoms with van der Waals surface area (Å²) in [5.74, 6) is 0.971. The summed E-state index contributed by atoms with van der Waals surface area (Å²) in [6.07, 6.45) is 0.955. The molecule has 0 aliphatic rings. The zero-order valence-electron chi connectivity index (χ0n) is 13.7. The van der Waals surface area contributed by atoms with Gasteiger partial charge in [0.25, 0.3) is 0 Å². The molecule has 0 radical (unpaired) electrons. The lowest BCUT2D eigenvalue weighted by atomic mass is 9.93. The molecular formula is C19H25NO. The van der Waals surface area contributed by atoms with Crippen molar-refractivity contribution >= 4 is 0 Å². The van der Waals surface area contributed by atoms with Crippen molar-refractivity contribution in [2.45, 2.75) is 33.2 Å². The van der Waals surface area contributed by atoms with E-state index in [1.807, 2.05) is 7.05 Å². The van der Waals surface area contributed by atoms with E-state index in [4.69, 9.17) is 4.74 Å². The van der Waals surface area contributed by atoms with Gasteiger partial charge in [-0.15, -0.1) is 0 Å². The van der Waals surface area contributed by atoms with E-state index < -0.39 is 0 Å². The maximum absolute atomic E-state index is 5.61. The molecule has 21 heavy (non-hydrogen) atoms. The maximum atomic E-state index is 5.61. The fourth-order valence-electron chi connectivity index (χ4n) is 2.86. The van der Waals surface area contributed by atoms with Gasteiger partial charge in [0.1, 0.15) is 5.75 Å². The van der Waals surface area contributed by atoms with Crippen LogP contribution in [0.1, 0.15) is 33.9 Å². The molecule has 0 saturated carbocycles. The minimum atomic E-state index is 0.253. The van der Waals surface area contributed by atoms with Crippen LogP contribution < -0.4 is 10.1 Å². The molecule has 2 aromatic rings. The lowest BCUT2D eigenvalue weighted by Crippen LogP contribution is -2.20. The number of nitrogens with one attached hydrogen (secondary N) is 1. The lowest BCUT2D eigenvalue weighted by Gasteiger charge is -2.22. The molecule has 0 aliphatic heterocycles. The fraction of sp³-hybridized carbons (Fsp3) is 0.368. The van der Waals surface area contributed by atoms with Gasteiger partial charge in [-0.25, -0.2) is 0 Å². The van der Waals surface area contributed by atoms with Crippen LogP contribution >= 0.6 is 0 Å². The van der Waals surface area contributed by atoms with Crippen LogP contribution in [0.15, 0.2) is 36.4 Å². The molecule has 0 heterocycles. The van der Waals surface area contributed by atoms with Crippen molar-refractivity contribution in [3.05, 3.63) is 64.2 Å². The number of methoxy groups -OCH3 is 1. The van der Waals surface area contributed by atoms with Gasteiger partial charge in [-0.05, 0) is 57.0 Å². The molecule has 0 aliphatic carbocycles. The van der Waals surface area contributed by atoms with Gasteiger partial charge in [-0.1, -0.05) is 35.9 Å². The molecule has 0 fully saturated rings. The van der Waals surface area contributed by atoms with E-state index in [9.17, 15) is 0 Å². The smallest absolute Gasteiger partial charge is 0.124 e.